The molecule has 3 aromatic heterocycles. The number of ether oxygens (including phenoxy) is 3. The number of pyridine rings is 1. The number of nitrogens with zero attached hydrogens (tertiary/aromatic N) is 7. The normalized spacial score (nSPS) is 21.4. The van der Waals surface area contributed by atoms with E-state index < -0.39 is 53.1 Å². The van der Waals surface area contributed by atoms with Crippen LogP contribution >= 0.6 is 11.3 Å². The lowest BCUT2D eigenvalue weighted by Crippen LogP contribution is -2.72. The minimum absolute atomic E-state index is 0.0563. The van der Waals surface area contributed by atoms with Gasteiger partial charge in [0.25, 0.3) is 5.91 Å². The van der Waals surface area contributed by atoms with E-state index in [4.69, 9.17) is 24.2 Å². The Morgan fingerprint density at radius 3 is 2.64 bits per heavy atom. The van der Waals surface area contributed by atoms with Gasteiger partial charge in [-0.25, -0.2) is 15.2 Å². The van der Waals surface area contributed by atoms with Crippen LogP contribution < -0.4 is 10.7 Å². The van der Waals surface area contributed by atoms with Gasteiger partial charge in [0.15, 0.2) is 5.72 Å². The number of aromatic nitrogens is 3. The summed E-state index contributed by atoms with van der Waals surface area (Å²) in [5.74, 6) is -2.03. The number of esters is 1. The standard InChI is InChI=1S/C49H63N9O8S/c1-10-40(59)55-26-49(27-55)57(20-21-66-49)47(63)54(8)42(29(3)4)44(60)52-36-23-39-51-37(25-67-39)31-16-17-38-33(22-31)34(43(56(38)11-2)32-14-12-18-50-41(32)30(5)64-9)24-48(6,7)28-65-46(62)35-15-13-19-58(53-35)45(36)61/h10,12,14,16-18,22,25,29-30,35-36,42,53H,1,11,13,15,19-21,23-24,26-28H2,2-9H3,(H,52,60)/t30-,35?,36-,42-/m0/s1. The van der Waals surface area contributed by atoms with Gasteiger partial charge in [0.05, 0.1) is 54.5 Å². The molecule has 8 rings (SSSR count). The number of fused-ring (bicyclic) bond motifs is 6. The van der Waals surface area contributed by atoms with Crippen molar-refractivity contribution in [3.63, 3.8) is 0 Å². The summed E-state index contributed by atoms with van der Waals surface area (Å²) in [5.41, 5.74) is 8.21. The van der Waals surface area contributed by atoms with Gasteiger partial charge >= 0.3 is 12.0 Å². The number of likely N-dealkylation sites (N-methyl/N-ethyl adjacent to an activating group) is 1. The van der Waals surface area contributed by atoms with Crippen molar-refractivity contribution in [3.8, 4) is 22.5 Å². The lowest BCUT2D eigenvalue weighted by molar-refractivity contribution is -0.178. The average molecular weight is 938 g/mol. The number of urea groups is 1. The number of carbonyl (C=O) groups is 5. The highest BCUT2D eigenvalue weighted by Gasteiger charge is 2.56. The van der Waals surface area contributed by atoms with Crippen molar-refractivity contribution < 1.29 is 38.2 Å². The Bertz CT molecular complexity index is 2560. The smallest absolute Gasteiger partial charge is 0.324 e. The van der Waals surface area contributed by atoms with Crippen LogP contribution in [0.15, 0.2) is 54.6 Å². The molecule has 1 spiro atoms. The Kier molecular flexibility index (Phi) is 13.6. The van der Waals surface area contributed by atoms with Crippen molar-refractivity contribution >= 4 is 52.0 Å². The molecule has 1 aromatic carbocycles. The number of rotatable bonds is 9. The summed E-state index contributed by atoms with van der Waals surface area (Å²) in [6.07, 6.45) is 4.36. The van der Waals surface area contributed by atoms with E-state index >= 15 is 0 Å². The Balaban J connectivity index is 1.15. The summed E-state index contributed by atoms with van der Waals surface area (Å²) in [6.45, 7) is 17.6. The van der Waals surface area contributed by atoms with E-state index in [-0.39, 0.29) is 50.7 Å². The maximum absolute atomic E-state index is 14.7. The number of nitrogens with one attached hydrogen (secondary N) is 2. The fourth-order valence-corrected chi connectivity index (χ4v) is 10.9. The van der Waals surface area contributed by atoms with E-state index in [1.54, 1.807) is 30.2 Å². The monoisotopic (exact) mass is 937 g/mol. The minimum Gasteiger partial charge on any atom is -0.464 e. The first-order valence-electron chi connectivity index (χ1n) is 23.2. The molecular formula is C49H63N9O8S. The van der Waals surface area contributed by atoms with Crippen LogP contribution in [0.4, 0.5) is 4.79 Å². The van der Waals surface area contributed by atoms with Crippen LogP contribution in [-0.2, 0) is 52.8 Å². The van der Waals surface area contributed by atoms with Gasteiger partial charge in [0.2, 0.25) is 11.8 Å². The molecule has 17 nitrogen and oxygen atoms in total. The fourth-order valence-electron chi connectivity index (χ4n) is 10.0. The highest BCUT2D eigenvalue weighted by molar-refractivity contribution is 7.10. The van der Waals surface area contributed by atoms with Crippen LogP contribution in [-0.4, -0.2) is 141 Å². The first kappa shape index (κ1) is 47.8. The van der Waals surface area contributed by atoms with Crippen molar-refractivity contribution in [2.45, 2.75) is 104 Å². The molecule has 3 saturated heterocycles. The van der Waals surface area contributed by atoms with E-state index in [9.17, 15) is 24.0 Å². The number of thiazole rings is 1. The molecule has 4 aliphatic rings. The van der Waals surface area contributed by atoms with Gasteiger partial charge in [-0.15, -0.1) is 11.3 Å². The van der Waals surface area contributed by atoms with Gasteiger partial charge in [-0.2, -0.15) is 0 Å². The van der Waals surface area contributed by atoms with E-state index in [2.05, 4.69) is 66.9 Å². The Morgan fingerprint density at radius 1 is 1.15 bits per heavy atom. The van der Waals surface area contributed by atoms with Gasteiger partial charge in [0.1, 0.15) is 18.1 Å². The number of carbonyl (C=O) groups excluding carboxylic acids is 5. The quantitative estimate of drug-likeness (QED) is 0.164. The fraction of sp³-hybridized carbons (Fsp3) is 0.531. The molecule has 18 heteroatoms. The van der Waals surface area contributed by atoms with Crippen molar-refractivity contribution in [1.29, 1.82) is 0 Å². The zero-order valence-corrected chi connectivity index (χ0v) is 40.6. The molecule has 6 bridgehead atoms. The molecule has 4 atom stereocenters. The molecule has 358 valence electrons. The minimum atomic E-state index is -1.11. The number of cyclic esters (lactones) is 1. The number of aryl methyl sites for hydroxylation is 1. The van der Waals surface area contributed by atoms with E-state index in [0.717, 1.165) is 44.7 Å². The Morgan fingerprint density at radius 2 is 1.93 bits per heavy atom. The van der Waals surface area contributed by atoms with Crippen LogP contribution in [0, 0.1) is 11.3 Å². The highest BCUT2D eigenvalue weighted by Crippen LogP contribution is 2.42. The second kappa shape index (κ2) is 19.1. The average Bonchev–Trinajstić information content (AvgIpc) is 4.05. The molecule has 0 saturated carbocycles. The Hall–Kier alpha value is -5.69. The van der Waals surface area contributed by atoms with Gasteiger partial charge < -0.3 is 33.9 Å². The Labute approximate surface area is 395 Å². The van der Waals surface area contributed by atoms with Gasteiger partial charge in [-0.1, -0.05) is 40.3 Å². The third kappa shape index (κ3) is 9.20. The predicted octanol–water partition coefficient (Wildman–Crippen LogP) is 5.34. The summed E-state index contributed by atoms with van der Waals surface area (Å²) >= 11 is 1.40. The molecule has 5 amide bonds. The van der Waals surface area contributed by atoms with Crippen molar-refractivity contribution in [1.82, 2.24) is 45.0 Å². The predicted molar refractivity (Wildman–Crippen MR) is 253 cm³/mol. The molecule has 4 aliphatic heterocycles. The SMILES string of the molecule is C=CC(=O)N1CC2(C1)OCCN2C(=O)N(C)[C@H](C(=O)N[C@H]1Cc2nc(cs2)-c2ccc3c(c2)c(c(-c2cccnc2[C@H](C)OC)n3CC)CC(C)(C)COC(=O)C2CCCN(N2)C1=O)C(C)C. The van der Waals surface area contributed by atoms with Gasteiger partial charge in [0, 0.05) is 79.2 Å². The van der Waals surface area contributed by atoms with E-state index in [1.807, 2.05) is 32.2 Å². The number of hydrogen-bond donors (Lipinski definition) is 2. The number of methoxy groups -OCH3 is 1. The van der Waals surface area contributed by atoms with Gasteiger partial charge in [-0.3, -0.25) is 34.1 Å². The lowest BCUT2D eigenvalue weighted by atomic mass is 9.84. The lowest BCUT2D eigenvalue weighted by Gasteiger charge is -2.51. The van der Waals surface area contributed by atoms with Crippen LogP contribution in [0.25, 0.3) is 33.4 Å². The second-order valence-corrected chi connectivity index (χ2v) is 20.1. The first-order valence-corrected chi connectivity index (χ1v) is 24.1. The number of likely N-dealkylation sites (tertiary alicyclic amines) is 1. The van der Waals surface area contributed by atoms with Crippen LogP contribution in [0.2, 0.25) is 0 Å². The van der Waals surface area contributed by atoms with Crippen LogP contribution in [0.5, 0.6) is 0 Å². The molecule has 7 heterocycles. The number of amides is 5. The first-order chi connectivity index (χ1) is 32.0. The zero-order valence-electron chi connectivity index (χ0n) is 39.8. The highest BCUT2D eigenvalue weighted by atomic mass is 32.1. The van der Waals surface area contributed by atoms with Gasteiger partial charge in [-0.05, 0) is 74.9 Å². The molecule has 1 unspecified atom stereocenters. The molecule has 4 aromatic rings. The van der Waals surface area contributed by atoms with Crippen LogP contribution in [0.3, 0.4) is 0 Å². The zero-order chi connectivity index (χ0) is 47.9. The second-order valence-electron chi connectivity index (χ2n) is 19.2. The number of benzene rings is 1. The maximum Gasteiger partial charge on any atom is 0.324 e. The summed E-state index contributed by atoms with van der Waals surface area (Å²) in [6, 6.07) is 7.07. The molecule has 3 fully saturated rings. The topological polar surface area (TPSA) is 181 Å². The van der Waals surface area contributed by atoms with Crippen LogP contribution in [0.1, 0.15) is 76.8 Å². The number of hydrazine groups is 1. The molecule has 0 radical (unpaired) electrons. The molecular weight excluding hydrogens is 875 g/mol. The van der Waals surface area contributed by atoms with Crippen molar-refractivity contribution in [2.75, 3.05) is 53.6 Å². The largest absolute Gasteiger partial charge is 0.464 e. The van der Waals surface area contributed by atoms with E-state index in [1.165, 1.54) is 27.3 Å². The molecule has 67 heavy (non-hydrogen) atoms. The maximum atomic E-state index is 14.7. The molecule has 2 N–H and O–H groups in total. The third-order valence-corrected chi connectivity index (χ3v) is 14.4. The van der Waals surface area contributed by atoms with Crippen molar-refractivity contribution in [2.24, 2.45) is 11.3 Å². The molecule has 0 aliphatic carbocycles. The third-order valence-electron chi connectivity index (χ3n) is 13.5. The summed E-state index contributed by atoms with van der Waals surface area (Å²) in [5, 5.41) is 8.06. The van der Waals surface area contributed by atoms with E-state index in [0.29, 0.717) is 43.9 Å². The summed E-state index contributed by atoms with van der Waals surface area (Å²) < 4.78 is 20.3. The summed E-state index contributed by atoms with van der Waals surface area (Å²) in [7, 11) is 3.25. The summed E-state index contributed by atoms with van der Waals surface area (Å²) in [4.78, 5) is 84.1. The number of hydrogen-bond acceptors (Lipinski definition) is 12. The van der Waals surface area contributed by atoms with Crippen molar-refractivity contribution in [3.05, 3.63) is 70.8 Å².